The maximum atomic E-state index is 14.1. The second kappa shape index (κ2) is 13.2. The Morgan fingerprint density at radius 3 is 2.70 bits per heavy atom. The number of alkyl carbamates (subject to hydrolysis) is 1. The summed E-state index contributed by atoms with van der Waals surface area (Å²) in [6, 6.07) is 10.1. The fraction of sp³-hybridized carbons (Fsp3) is 0.576. The van der Waals surface area contributed by atoms with E-state index in [0.29, 0.717) is 36.1 Å². The molecule has 7 rings (SSSR count). The van der Waals surface area contributed by atoms with Crippen LogP contribution in [0.2, 0.25) is 0 Å². The van der Waals surface area contributed by atoms with Gasteiger partial charge in [0.25, 0.3) is 0 Å². The van der Waals surface area contributed by atoms with E-state index in [0.717, 1.165) is 29.1 Å². The number of halogens is 1. The van der Waals surface area contributed by atoms with E-state index in [-0.39, 0.29) is 48.6 Å². The molecule has 2 unspecified atom stereocenters. The first-order valence-electron chi connectivity index (χ1n) is 16.4. The molecule has 2 bridgehead atoms. The normalized spacial score (nSPS) is 26.6. The van der Waals surface area contributed by atoms with Crippen molar-refractivity contribution in [1.29, 1.82) is 0 Å². The van der Waals surface area contributed by atoms with Crippen LogP contribution in [0.4, 0.5) is 14.3 Å². The van der Waals surface area contributed by atoms with Crippen molar-refractivity contribution in [3.63, 3.8) is 0 Å². The Morgan fingerprint density at radius 2 is 1.96 bits per heavy atom. The minimum atomic E-state index is -4.05. The number of aliphatic hydroxyl groups is 1. The molecule has 2 saturated heterocycles. The summed E-state index contributed by atoms with van der Waals surface area (Å²) in [5.74, 6) is 0.124. The SMILES string of the molecule is CC(C)CN(C[C@@H](O)[C@H](Cc1ccc(F)cc1)NC(=O)OC1C[C@@H]2CO[C@@H]3OC1C[C@H]23)S(=O)(=O)c1ccc2nc(NC3CC3)sc2c1. The van der Waals surface area contributed by atoms with Gasteiger partial charge in [0.1, 0.15) is 11.9 Å². The first kappa shape index (κ1) is 32.7. The Kier molecular flexibility index (Phi) is 9.17. The second-order valence-corrected chi connectivity index (χ2v) is 16.6. The highest BCUT2D eigenvalue weighted by atomic mass is 32.2. The molecule has 254 valence electrons. The third-order valence-corrected chi connectivity index (χ3v) is 12.2. The number of rotatable bonds is 13. The first-order chi connectivity index (χ1) is 22.5. The molecule has 2 saturated carbocycles. The Bertz CT molecular complexity index is 1700. The average Bonchev–Trinajstić information content (AvgIpc) is 3.43. The zero-order valence-corrected chi connectivity index (χ0v) is 28.0. The van der Waals surface area contributed by atoms with Crippen LogP contribution in [0.1, 0.15) is 45.1 Å². The van der Waals surface area contributed by atoms with Gasteiger partial charge in [0.2, 0.25) is 10.0 Å². The predicted molar refractivity (Wildman–Crippen MR) is 174 cm³/mol. The lowest BCUT2D eigenvalue weighted by Crippen LogP contribution is -2.52. The minimum Gasteiger partial charge on any atom is -0.443 e. The number of anilines is 1. The van der Waals surface area contributed by atoms with Crippen LogP contribution in [0.15, 0.2) is 47.4 Å². The van der Waals surface area contributed by atoms with E-state index in [1.165, 1.54) is 27.8 Å². The highest BCUT2D eigenvalue weighted by Gasteiger charge is 2.54. The van der Waals surface area contributed by atoms with Crippen molar-refractivity contribution in [1.82, 2.24) is 14.6 Å². The van der Waals surface area contributed by atoms with E-state index >= 15 is 0 Å². The Morgan fingerprint density at radius 1 is 1.17 bits per heavy atom. The summed E-state index contributed by atoms with van der Waals surface area (Å²) in [7, 11) is -4.05. The second-order valence-electron chi connectivity index (χ2n) is 13.6. The van der Waals surface area contributed by atoms with Gasteiger partial charge in [-0.15, -0.1) is 0 Å². The van der Waals surface area contributed by atoms with E-state index in [1.807, 2.05) is 13.8 Å². The quantitative estimate of drug-likeness (QED) is 0.237. The third kappa shape index (κ3) is 7.27. The summed E-state index contributed by atoms with van der Waals surface area (Å²) in [6.45, 7) is 4.25. The fourth-order valence-electron chi connectivity index (χ4n) is 6.86. The lowest BCUT2D eigenvalue weighted by atomic mass is 9.80. The molecule has 7 atom stereocenters. The van der Waals surface area contributed by atoms with E-state index in [1.54, 1.807) is 30.3 Å². The lowest BCUT2D eigenvalue weighted by molar-refractivity contribution is -0.147. The predicted octanol–water partition coefficient (Wildman–Crippen LogP) is 4.50. The maximum Gasteiger partial charge on any atom is 0.407 e. The highest BCUT2D eigenvalue weighted by Crippen LogP contribution is 2.47. The smallest absolute Gasteiger partial charge is 0.407 e. The van der Waals surface area contributed by atoms with Crippen LogP contribution >= 0.6 is 11.3 Å². The number of thiazole rings is 1. The number of aliphatic hydroxyl groups excluding tert-OH is 1. The van der Waals surface area contributed by atoms with Gasteiger partial charge in [0, 0.05) is 25.0 Å². The number of nitrogens with zero attached hydrogens (tertiary/aromatic N) is 2. The summed E-state index contributed by atoms with van der Waals surface area (Å²) in [5.41, 5.74) is 1.38. The highest BCUT2D eigenvalue weighted by molar-refractivity contribution is 7.89. The zero-order chi connectivity index (χ0) is 32.9. The molecule has 0 spiro atoms. The van der Waals surface area contributed by atoms with Crippen LogP contribution < -0.4 is 10.6 Å². The number of amides is 1. The third-order valence-electron chi connectivity index (χ3n) is 9.45. The van der Waals surface area contributed by atoms with Gasteiger partial charge in [0.15, 0.2) is 11.4 Å². The van der Waals surface area contributed by atoms with Gasteiger partial charge in [-0.1, -0.05) is 37.3 Å². The van der Waals surface area contributed by atoms with Gasteiger partial charge in [-0.25, -0.2) is 22.6 Å². The number of fused-ring (bicyclic) bond motifs is 2. The number of carbonyl (C=O) groups is 1. The van der Waals surface area contributed by atoms with Crippen LogP contribution in [-0.2, 0) is 30.7 Å². The molecular weight excluding hydrogens is 648 g/mol. The molecule has 1 amide bonds. The molecule has 3 N–H and O–H groups in total. The van der Waals surface area contributed by atoms with Crippen molar-refractivity contribution in [2.24, 2.45) is 17.8 Å². The maximum absolute atomic E-state index is 14.1. The number of ether oxygens (including phenoxy) is 3. The molecule has 14 heteroatoms. The van der Waals surface area contributed by atoms with Crippen molar-refractivity contribution in [2.45, 2.75) is 87.5 Å². The molecule has 11 nitrogen and oxygen atoms in total. The average molecular weight is 689 g/mol. The van der Waals surface area contributed by atoms with Crippen molar-refractivity contribution in [2.75, 3.05) is 25.0 Å². The molecule has 1 aromatic heterocycles. The summed E-state index contributed by atoms with van der Waals surface area (Å²) in [5, 5.41) is 18.6. The largest absolute Gasteiger partial charge is 0.443 e. The van der Waals surface area contributed by atoms with Gasteiger partial charge in [0.05, 0.1) is 40.0 Å². The molecule has 3 heterocycles. The number of sulfonamides is 1. The zero-order valence-electron chi connectivity index (χ0n) is 26.4. The van der Waals surface area contributed by atoms with E-state index in [2.05, 4.69) is 15.6 Å². The number of nitrogens with one attached hydrogen (secondary N) is 2. The van der Waals surface area contributed by atoms with Gasteiger partial charge < -0.3 is 30.0 Å². The van der Waals surface area contributed by atoms with Gasteiger partial charge in [-0.3, -0.25) is 0 Å². The Labute approximate surface area is 277 Å². The molecule has 47 heavy (non-hydrogen) atoms. The number of benzene rings is 2. The molecular formula is C33H41FN4O7S2. The summed E-state index contributed by atoms with van der Waals surface area (Å²) < 4.78 is 61.4. The Hall–Kier alpha value is -2.88. The molecule has 2 aliphatic heterocycles. The first-order valence-corrected chi connectivity index (χ1v) is 18.6. The van der Waals surface area contributed by atoms with E-state index < -0.39 is 40.2 Å². The monoisotopic (exact) mass is 688 g/mol. The fourth-order valence-corrected chi connectivity index (χ4v) is 9.56. The molecule has 4 fully saturated rings. The van der Waals surface area contributed by atoms with Gasteiger partial charge >= 0.3 is 6.09 Å². The summed E-state index contributed by atoms with van der Waals surface area (Å²) in [4.78, 5) is 18.0. The number of aromatic nitrogens is 1. The number of hydrogen-bond acceptors (Lipinski definition) is 10. The summed E-state index contributed by atoms with van der Waals surface area (Å²) >= 11 is 1.41. The lowest BCUT2D eigenvalue weighted by Gasteiger charge is -2.33. The van der Waals surface area contributed by atoms with Crippen LogP contribution in [0.3, 0.4) is 0 Å². The van der Waals surface area contributed by atoms with Crippen LogP contribution in [0.5, 0.6) is 0 Å². The van der Waals surface area contributed by atoms with E-state index in [4.69, 9.17) is 14.2 Å². The van der Waals surface area contributed by atoms with Crippen molar-refractivity contribution in [3.8, 4) is 0 Å². The van der Waals surface area contributed by atoms with Gasteiger partial charge in [-0.2, -0.15) is 4.31 Å². The van der Waals surface area contributed by atoms with Crippen molar-refractivity contribution < 1.29 is 36.9 Å². The number of hydrogen-bond donors (Lipinski definition) is 3. The molecule has 3 aromatic rings. The van der Waals surface area contributed by atoms with Crippen molar-refractivity contribution in [3.05, 3.63) is 53.8 Å². The minimum absolute atomic E-state index is 0.0484. The van der Waals surface area contributed by atoms with E-state index in [9.17, 15) is 22.7 Å². The van der Waals surface area contributed by atoms with Crippen LogP contribution in [0.25, 0.3) is 10.2 Å². The van der Waals surface area contributed by atoms with Crippen LogP contribution in [0, 0.1) is 23.6 Å². The molecule has 4 aliphatic rings. The standard InChI is InChI=1S/C33H41FN4O7S2/c1-18(2)15-38(47(41,42)23-9-10-25-30(13-23)46-32(36-25)35-22-7-8-22)16-27(39)26(11-19-3-5-21(34)6-4-19)37-33(40)45-28-12-20-17-43-31-24(20)14-29(28)44-31/h3-6,9-10,13,18,20,22,24,26-29,31,39H,7-8,11-12,14-17H2,1-2H3,(H,35,36)(H,37,40)/t20-,24-,26+,27-,28?,29?,31-/m1/s1. The number of carbonyl (C=O) groups excluding carboxylic acids is 1. The van der Waals surface area contributed by atoms with Crippen molar-refractivity contribution >= 4 is 42.8 Å². The van der Waals surface area contributed by atoms with Crippen LogP contribution in [-0.4, -0.2) is 85.3 Å². The molecule has 2 aliphatic carbocycles. The van der Waals surface area contributed by atoms with Gasteiger partial charge in [-0.05, 0) is 79.8 Å². The molecule has 2 aromatic carbocycles. The topological polar surface area (TPSA) is 139 Å². The molecule has 0 radical (unpaired) electrons. The Balaban J connectivity index is 1.09. The summed E-state index contributed by atoms with van der Waals surface area (Å²) in [6.07, 6.45) is 0.732.